The zero-order valence-corrected chi connectivity index (χ0v) is 16.8. The quantitative estimate of drug-likeness (QED) is 0.604. The van der Waals surface area contributed by atoms with Crippen molar-refractivity contribution in [3.8, 4) is 12.1 Å². The standard InChI is InChI=1S/C23H18N4.C2H6/c1-2-6-20(7-3-4-14-24)22-17-27-16-21(8-5-9-23(27)26-22)19-12-10-18(15-25)11-13-19;1-2/h2-3,5-8,10-13,16-17H,1,4,9H2;1-2H3/b7-3-,20-6+;. The van der Waals surface area contributed by atoms with Gasteiger partial charge in [0.05, 0.1) is 29.8 Å². The molecule has 0 N–H and O–H groups in total. The fraction of sp³-hybridized carbons (Fsp3) is 0.160. The predicted molar refractivity (Wildman–Crippen MR) is 119 cm³/mol. The number of fused-ring (bicyclic) bond motifs is 1. The minimum atomic E-state index is 0.355. The Hall–Kier alpha value is -3.89. The predicted octanol–water partition coefficient (Wildman–Crippen LogP) is 5.93. The van der Waals surface area contributed by atoms with Crippen molar-refractivity contribution in [2.75, 3.05) is 0 Å². The molecule has 1 aliphatic rings. The molecule has 4 nitrogen and oxygen atoms in total. The van der Waals surface area contributed by atoms with Crippen LogP contribution in [0.3, 0.4) is 0 Å². The van der Waals surface area contributed by atoms with Crippen LogP contribution in [0, 0.1) is 22.7 Å². The molecular formula is C25H24N4. The summed E-state index contributed by atoms with van der Waals surface area (Å²) in [5, 5.41) is 17.7. The molecule has 1 aliphatic heterocycles. The summed E-state index contributed by atoms with van der Waals surface area (Å²) in [5.74, 6) is 0.938. The van der Waals surface area contributed by atoms with E-state index < -0.39 is 0 Å². The monoisotopic (exact) mass is 380 g/mol. The first-order valence-corrected chi connectivity index (χ1v) is 9.58. The summed E-state index contributed by atoms with van der Waals surface area (Å²) in [4.78, 5) is 4.74. The number of aromatic nitrogens is 2. The van der Waals surface area contributed by atoms with E-state index in [0.717, 1.165) is 34.6 Å². The largest absolute Gasteiger partial charge is 0.309 e. The van der Waals surface area contributed by atoms with E-state index in [-0.39, 0.29) is 0 Å². The van der Waals surface area contributed by atoms with Gasteiger partial charge in [-0.1, -0.05) is 69.0 Å². The van der Waals surface area contributed by atoms with Gasteiger partial charge in [-0.15, -0.1) is 0 Å². The normalized spacial score (nSPS) is 12.7. The summed E-state index contributed by atoms with van der Waals surface area (Å²) in [6.07, 6.45) is 16.6. The summed E-state index contributed by atoms with van der Waals surface area (Å²) in [6, 6.07) is 11.8. The van der Waals surface area contributed by atoms with Gasteiger partial charge in [0.25, 0.3) is 0 Å². The number of benzene rings is 1. The minimum Gasteiger partial charge on any atom is -0.309 e. The second kappa shape index (κ2) is 11.1. The molecule has 0 atom stereocenters. The molecule has 1 aromatic carbocycles. The van der Waals surface area contributed by atoms with Gasteiger partial charge in [0, 0.05) is 24.4 Å². The molecule has 144 valence electrons. The van der Waals surface area contributed by atoms with Gasteiger partial charge in [-0.2, -0.15) is 10.5 Å². The number of nitriles is 2. The Labute approximate surface area is 172 Å². The van der Waals surface area contributed by atoms with Crippen molar-refractivity contribution < 1.29 is 0 Å². The number of hydrogen-bond donors (Lipinski definition) is 0. The van der Waals surface area contributed by atoms with Gasteiger partial charge in [0.2, 0.25) is 0 Å². The Bertz CT molecular complexity index is 1050. The van der Waals surface area contributed by atoms with Crippen LogP contribution in [0.25, 0.3) is 17.3 Å². The number of imidazole rings is 1. The molecule has 29 heavy (non-hydrogen) atoms. The lowest BCUT2D eigenvalue weighted by Crippen LogP contribution is -1.92. The van der Waals surface area contributed by atoms with Crippen LogP contribution < -0.4 is 0 Å². The molecule has 1 aromatic heterocycles. The first-order valence-electron chi connectivity index (χ1n) is 9.58. The smallest absolute Gasteiger partial charge is 0.117 e. The zero-order chi connectivity index (χ0) is 21.1. The van der Waals surface area contributed by atoms with Crippen LogP contribution in [0.4, 0.5) is 0 Å². The van der Waals surface area contributed by atoms with Crippen LogP contribution in [0.1, 0.15) is 42.9 Å². The van der Waals surface area contributed by atoms with E-state index in [2.05, 4.69) is 30.9 Å². The molecule has 0 bridgehead atoms. The summed E-state index contributed by atoms with van der Waals surface area (Å²) in [6.45, 7) is 7.76. The van der Waals surface area contributed by atoms with Crippen LogP contribution >= 0.6 is 0 Å². The molecule has 0 saturated carbocycles. The average Bonchev–Trinajstić information content (AvgIpc) is 3.06. The Balaban J connectivity index is 0.00000145. The van der Waals surface area contributed by atoms with Gasteiger partial charge in [-0.3, -0.25) is 0 Å². The van der Waals surface area contributed by atoms with Crippen molar-refractivity contribution in [1.82, 2.24) is 9.55 Å². The van der Waals surface area contributed by atoms with E-state index in [0.29, 0.717) is 12.0 Å². The lowest BCUT2D eigenvalue weighted by molar-refractivity contribution is 0.976. The van der Waals surface area contributed by atoms with Crippen molar-refractivity contribution in [3.63, 3.8) is 0 Å². The zero-order valence-electron chi connectivity index (χ0n) is 16.8. The molecule has 3 rings (SSSR count). The summed E-state index contributed by atoms with van der Waals surface area (Å²) >= 11 is 0. The van der Waals surface area contributed by atoms with Gasteiger partial charge in [0.1, 0.15) is 5.82 Å². The van der Waals surface area contributed by atoms with E-state index in [1.165, 1.54) is 0 Å². The second-order valence-electron chi connectivity index (χ2n) is 5.95. The van der Waals surface area contributed by atoms with Crippen LogP contribution in [0.2, 0.25) is 0 Å². The van der Waals surface area contributed by atoms with Crippen molar-refractivity contribution in [2.24, 2.45) is 0 Å². The van der Waals surface area contributed by atoms with E-state index >= 15 is 0 Å². The molecular weight excluding hydrogens is 356 g/mol. The highest BCUT2D eigenvalue weighted by molar-refractivity contribution is 5.84. The maximum Gasteiger partial charge on any atom is 0.117 e. The van der Waals surface area contributed by atoms with Crippen molar-refractivity contribution >= 4 is 17.3 Å². The van der Waals surface area contributed by atoms with E-state index in [1.807, 2.05) is 73.3 Å². The van der Waals surface area contributed by atoms with Crippen molar-refractivity contribution in [2.45, 2.75) is 26.7 Å². The molecule has 0 radical (unpaired) electrons. The van der Waals surface area contributed by atoms with Gasteiger partial charge < -0.3 is 4.57 Å². The molecule has 0 unspecified atom stereocenters. The second-order valence-corrected chi connectivity index (χ2v) is 5.95. The average molecular weight is 380 g/mol. The fourth-order valence-corrected chi connectivity index (χ4v) is 2.82. The molecule has 0 fully saturated rings. The van der Waals surface area contributed by atoms with Crippen LogP contribution in [0.5, 0.6) is 0 Å². The van der Waals surface area contributed by atoms with E-state index in [4.69, 9.17) is 15.5 Å². The Morgan fingerprint density at radius 2 is 2.00 bits per heavy atom. The highest BCUT2D eigenvalue weighted by Crippen LogP contribution is 2.24. The van der Waals surface area contributed by atoms with Gasteiger partial charge in [-0.05, 0) is 23.3 Å². The Morgan fingerprint density at radius 3 is 2.66 bits per heavy atom. The third-order valence-electron chi connectivity index (χ3n) is 4.13. The third-order valence-corrected chi connectivity index (χ3v) is 4.13. The molecule has 2 heterocycles. The third kappa shape index (κ3) is 5.54. The number of rotatable bonds is 5. The first kappa shape index (κ1) is 21.4. The van der Waals surface area contributed by atoms with Crippen LogP contribution in [-0.2, 0) is 6.42 Å². The van der Waals surface area contributed by atoms with E-state index in [9.17, 15) is 0 Å². The molecule has 4 heteroatoms. The topological polar surface area (TPSA) is 65.4 Å². The number of nitrogens with zero attached hydrogens (tertiary/aromatic N) is 4. The van der Waals surface area contributed by atoms with Crippen LogP contribution in [-0.4, -0.2) is 9.55 Å². The molecule has 2 aromatic rings. The summed E-state index contributed by atoms with van der Waals surface area (Å²) in [7, 11) is 0. The number of hydrogen-bond acceptors (Lipinski definition) is 3. The lowest BCUT2D eigenvalue weighted by Gasteiger charge is -2.03. The van der Waals surface area contributed by atoms with E-state index in [1.54, 1.807) is 6.08 Å². The minimum absolute atomic E-state index is 0.355. The Kier molecular flexibility index (Phi) is 8.17. The van der Waals surface area contributed by atoms with Crippen molar-refractivity contribution in [3.05, 3.63) is 96.1 Å². The maximum absolute atomic E-state index is 8.96. The molecule has 0 aliphatic carbocycles. The molecule has 0 spiro atoms. The highest BCUT2D eigenvalue weighted by Gasteiger charge is 2.11. The molecule has 0 saturated heterocycles. The Morgan fingerprint density at radius 1 is 1.24 bits per heavy atom. The summed E-state index contributed by atoms with van der Waals surface area (Å²) in [5.41, 5.74) is 4.49. The first-order chi connectivity index (χ1) is 14.2. The van der Waals surface area contributed by atoms with Crippen LogP contribution in [0.15, 0.2) is 73.5 Å². The highest BCUT2D eigenvalue weighted by atomic mass is 15.1. The van der Waals surface area contributed by atoms with Gasteiger partial charge in [0.15, 0.2) is 0 Å². The SMILES string of the molecule is C=C/C=C(\C=C/CC#N)c1cn2c(n1)CC=CC(c1ccc(C#N)cc1)=C2.CC. The maximum atomic E-state index is 8.96. The van der Waals surface area contributed by atoms with Crippen molar-refractivity contribution in [1.29, 1.82) is 10.5 Å². The van der Waals surface area contributed by atoms with Gasteiger partial charge in [-0.25, -0.2) is 4.98 Å². The number of allylic oxidation sites excluding steroid dienone is 8. The van der Waals surface area contributed by atoms with Gasteiger partial charge >= 0.3 is 0 Å². The lowest BCUT2D eigenvalue weighted by atomic mass is 10.0. The molecule has 0 amide bonds. The fourth-order valence-electron chi connectivity index (χ4n) is 2.82. The summed E-state index contributed by atoms with van der Waals surface area (Å²) < 4.78 is 2.03.